The quantitative estimate of drug-likeness (QED) is 0.677. The molecule has 1 aliphatic carbocycles. The van der Waals surface area contributed by atoms with Crippen molar-refractivity contribution in [2.45, 2.75) is 63.9 Å². The average molecular weight is 245 g/mol. The summed E-state index contributed by atoms with van der Waals surface area (Å²) in [5, 5.41) is 13.5. The van der Waals surface area contributed by atoms with Crippen LogP contribution < -0.4 is 5.32 Å². The number of nitrogens with one attached hydrogen (secondary N) is 1. The van der Waals surface area contributed by atoms with Crippen LogP contribution >= 0.6 is 0 Å². The van der Waals surface area contributed by atoms with Crippen LogP contribution in [0, 0.1) is 0 Å². The number of ether oxygens (including phenoxy) is 2. The van der Waals surface area contributed by atoms with Gasteiger partial charge in [0.15, 0.2) is 0 Å². The molecule has 1 rings (SSSR count). The van der Waals surface area contributed by atoms with E-state index in [0.717, 1.165) is 25.9 Å². The summed E-state index contributed by atoms with van der Waals surface area (Å²) in [5.74, 6) is 0. The van der Waals surface area contributed by atoms with Crippen LogP contribution in [0.4, 0.5) is 0 Å². The van der Waals surface area contributed by atoms with Gasteiger partial charge in [-0.1, -0.05) is 13.3 Å². The van der Waals surface area contributed by atoms with Crippen LogP contribution in [-0.2, 0) is 9.47 Å². The summed E-state index contributed by atoms with van der Waals surface area (Å²) in [7, 11) is 1.72. The maximum absolute atomic E-state index is 10.1. The smallest absolute Gasteiger partial charge is 0.0986 e. The van der Waals surface area contributed by atoms with E-state index in [0.29, 0.717) is 12.6 Å². The Hall–Kier alpha value is -0.160. The van der Waals surface area contributed by atoms with E-state index in [2.05, 4.69) is 12.2 Å². The van der Waals surface area contributed by atoms with Crippen molar-refractivity contribution in [1.82, 2.24) is 5.32 Å². The first kappa shape index (κ1) is 14.9. The fourth-order valence-corrected chi connectivity index (χ4v) is 2.45. The van der Waals surface area contributed by atoms with Crippen LogP contribution in [-0.4, -0.2) is 49.2 Å². The van der Waals surface area contributed by atoms with Gasteiger partial charge in [-0.15, -0.1) is 0 Å². The topological polar surface area (TPSA) is 50.7 Å². The lowest BCUT2D eigenvalue weighted by Crippen LogP contribution is -2.61. The molecular formula is C13H27NO3. The molecular weight excluding hydrogens is 218 g/mol. The summed E-state index contributed by atoms with van der Waals surface area (Å²) < 4.78 is 11.0. The number of methoxy groups -OCH3 is 1. The Morgan fingerprint density at radius 1 is 1.41 bits per heavy atom. The van der Waals surface area contributed by atoms with Gasteiger partial charge in [-0.25, -0.2) is 0 Å². The summed E-state index contributed by atoms with van der Waals surface area (Å²) in [5.41, 5.74) is -0.621. The van der Waals surface area contributed by atoms with Gasteiger partial charge in [0.25, 0.3) is 0 Å². The highest BCUT2D eigenvalue weighted by atomic mass is 16.5. The molecule has 4 atom stereocenters. The standard InChI is InChI=1S/C13H27NO3/c1-5-7-13(3,15)9-14-10-8-11(17-6-2)12(10)16-4/h10-12,14-15H,5-9H2,1-4H3. The summed E-state index contributed by atoms with van der Waals surface area (Å²) in [6.45, 7) is 7.30. The molecule has 0 bridgehead atoms. The minimum absolute atomic E-state index is 0.118. The van der Waals surface area contributed by atoms with E-state index in [-0.39, 0.29) is 12.2 Å². The Kier molecular flexibility index (Phi) is 5.86. The van der Waals surface area contributed by atoms with Gasteiger partial charge in [0.2, 0.25) is 0 Å². The molecule has 0 spiro atoms. The minimum Gasteiger partial charge on any atom is -0.389 e. The average Bonchev–Trinajstić information content (AvgIpc) is 2.22. The molecule has 17 heavy (non-hydrogen) atoms. The van der Waals surface area contributed by atoms with Crippen molar-refractivity contribution in [1.29, 1.82) is 0 Å². The Balaban J connectivity index is 2.29. The zero-order valence-electron chi connectivity index (χ0n) is 11.5. The monoisotopic (exact) mass is 245 g/mol. The first-order valence-corrected chi connectivity index (χ1v) is 6.64. The van der Waals surface area contributed by atoms with Gasteiger partial charge in [-0.2, -0.15) is 0 Å². The molecule has 0 aromatic heterocycles. The van der Waals surface area contributed by atoms with Crippen molar-refractivity contribution < 1.29 is 14.6 Å². The Morgan fingerprint density at radius 3 is 2.65 bits per heavy atom. The van der Waals surface area contributed by atoms with Crippen molar-refractivity contribution in [3.63, 3.8) is 0 Å². The van der Waals surface area contributed by atoms with Gasteiger partial charge in [-0.05, 0) is 26.7 Å². The van der Waals surface area contributed by atoms with Gasteiger partial charge in [0, 0.05) is 26.3 Å². The van der Waals surface area contributed by atoms with E-state index in [9.17, 15) is 5.11 Å². The normalized spacial score (nSPS) is 31.9. The third-order valence-corrected chi connectivity index (χ3v) is 3.44. The summed E-state index contributed by atoms with van der Waals surface area (Å²) >= 11 is 0. The Labute approximate surface area is 105 Å². The molecule has 4 nitrogen and oxygen atoms in total. The highest BCUT2D eigenvalue weighted by molar-refractivity contribution is 4.98. The second-order valence-electron chi connectivity index (χ2n) is 5.16. The van der Waals surface area contributed by atoms with Crippen molar-refractivity contribution in [3.8, 4) is 0 Å². The molecule has 0 radical (unpaired) electrons. The fraction of sp³-hybridized carbons (Fsp3) is 1.00. The van der Waals surface area contributed by atoms with Crippen molar-refractivity contribution in [3.05, 3.63) is 0 Å². The third-order valence-electron chi connectivity index (χ3n) is 3.44. The van der Waals surface area contributed by atoms with Gasteiger partial charge in [-0.3, -0.25) is 0 Å². The molecule has 0 amide bonds. The molecule has 4 unspecified atom stereocenters. The molecule has 1 aliphatic rings. The van der Waals surface area contributed by atoms with Gasteiger partial charge in [0.1, 0.15) is 0 Å². The minimum atomic E-state index is -0.621. The maximum atomic E-state index is 10.1. The molecule has 102 valence electrons. The zero-order valence-corrected chi connectivity index (χ0v) is 11.5. The molecule has 0 heterocycles. The predicted octanol–water partition coefficient (Wildman–Crippen LogP) is 1.32. The van der Waals surface area contributed by atoms with Crippen LogP contribution in [0.3, 0.4) is 0 Å². The van der Waals surface area contributed by atoms with Gasteiger partial charge in [0.05, 0.1) is 17.8 Å². The molecule has 1 saturated carbocycles. The van der Waals surface area contributed by atoms with Crippen LogP contribution in [0.2, 0.25) is 0 Å². The van der Waals surface area contributed by atoms with Crippen LogP contribution in [0.15, 0.2) is 0 Å². The Bertz CT molecular complexity index is 221. The lowest BCUT2D eigenvalue weighted by Gasteiger charge is -2.44. The summed E-state index contributed by atoms with van der Waals surface area (Å²) in [4.78, 5) is 0. The number of aliphatic hydroxyl groups is 1. The van der Waals surface area contributed by atoms with E-state index in [4.69, 9.17) is 9.47 Å². The highest BCUT2D eigenvalue weighted by Gasteiger charge is 2.42. The number of hydrogen-bond acceptors (Lipinski definition) is 4. The SMILES string of the molecule is CCCC(C)(O)CNC1CC(OCC)C1OC. The first-order valence-electron chi connectivity index (χ1n) is 6.64. The van der Waals surface area contributed by atoms with Crippen molar-refractivity contribution >= 4 is 0 Å². The van der Waals surface area contributed by atoms with Crippen molar-refractivity contribution in [2.75, 3.05) is 20.3 Å². The first-order chi connectivity index (χ1) is 8.04. The molecule has 1 fully saturated rings. The van der Waals surface area contributed by atoms with E-state index in [1.165, 1.54) is 0 Å². The molecule has 0 saturated heterocycles. The van der Waals surface area contributed by atoms with Crippen LogP contribution in [0.5, 0.6) is 0 Å². The largest absolute Gasteiger partial charge is 0.389 e. The lowest BCUT2D eigenvalue weighted by atomic mass is 9.84. The lowest BCUT2D eigenvalue weighted by molar-refractivity contribution is -0.134. The van der Waals surface area contributed by atoms with E-state index >= 15 is 0 Å². The van der Waals surface area contributed by atoms with E-state index < -0.39 is 5.60 Å². The maximum Gasteiger partial charge on any atom is 0.0986 e. The predicted molar refractivity (Wildman–Crippen MR) is 68.2 cm³/mol. The molecule has 0 aromatic rings. The Morgan fingerprint density at radius 2 is 2.12 bits per heavy atom. The van der Waals surface area contributed by atoms with Gasteiger partial charge >= 0.3 is 0 Å². The van der Waals surface area contributed by atoms with E-state index in [1.54, 1.807) is 7.11 Å². The van der Waals surface area contributed by atoms with E-state index in [1.807, 2.05) is 13.8 Å². The highest BCUT2D eigenvalue weighted by Crippen LogP contribution is 2.27. The van der Waals surface area contributed by atoms with Crippen LogP contribution in [0.25, 0.3) is 0 Å². The second-order valence-corrected chi connectivity index (χ2v) is 5.16. The summed E-state index contributed by atoms with van der Waals surface area (Å²) in [6, 6.07) is 0.305. The zero-order chi connectivity index (χ0) is 12.9. The van der Waals surface area contributed by atoms with Crippen molar-refractivity contribution in [2.24, 2.45) is 0 Å². The molecule has 0 aliphatic heterocycles. The molecule has 0 aromatic carbocycles. The van der Waals surface area contributed by atoms with Crippen LogP contribution in [0.1, 0.15) is 40.0 Å². The molecule has 2 N–H and O–H groups in total. The molecule has 4 heteroatoms. The number of hydrogen-bond donors (Lipinski definition) is 2. The fourth-order valence-electron chi connectivity index (χ4n) is 2.45. The number of rotatable bonds is 8. The van der Waals surface area contributed by atoms with Gasteiger partial charge < -0.3 is 19.9 Å². The third kappa shape index (κ3) is 4.21. The second kappa shape index (κ2) is 6.69. The summed E-state index contributed by atoms with van der Waals surface area (Å²) in [6.07, 6.45) is 3.11.